The number of carboxylic acid groups (broad SMARTS) is 1. The fourth-order valence-electron chi connectivity index (χ4n) is 2.04. The maximum Gasteiger partial charge on any atom is 0.353 e. The fraction of sp³-hybridized carbons (Fsp3) is 0.875. The molecular formula is C16H33O4P. The largest absolute Gasteiger partial charge is 0.539 e. The van der Waals surface area contributed by atoms with Gasteiger partial charge in [-0.05, 0) is 19.3 Å². The van der Waals surface area contributed by atoms with Gasteiger partial charge < -0.3 is 14.6 Å². The molecule has 0 aromatic rings. The van der Waals surface area contributed by atoms with Crippen LogP contribution in [0.3, 0.4) is 0 Å². The van der Waals surface area contributed by atoms with Crippen LogP contribution in [-0.4, -0.2) is 44.2 Å². The molecule has 126 valence electrons. The van der Waals surface area contributed by atoms with Crippen LogP contribution in [0.5, 0.6) is 0 Å². The van der Waals surface area contributed by atoms with Crippen LogP contribution in [0.15, 0.2) is 0 Å². The molecule has 0 amide bonds. The third kappa shape index (κ3) is 14.1. The summed E-state index contributed by atoms with van der Waals surface area (Å²) < 4.78 is 3.71. The zero-order valence-corrected chi connectivity index (χ0v) is 15.3. The van der Waals surface area contributed by atoms with E-state index >= 15 is 0 Å². The third-order valence-corrected chi connectivity index (χ3v) is 7.69. The molecule has 0 fully saturated rings. The van der Waals surface area contributed by atoms with Crippen molar-refractivity contribution in [2.45, 2.75) is 59.3 Å². The minimum absolute atomic E-state index is 0.519. The van der Waals surface area contributed by atoms with Crippen molar-refractivity contribution < 1.29 is 19.4 Å². The molecule has 0 bridgehead atoms. The topological polar surface area (TPSA) is 66.4 Å². The standard InChI is InChI=1S/C13H30P.C3H4O4/c1-5-8-11-14(4,12-9-6-2)13-10-7-3;1-7-3(6)2(4)5/h5-13H2,1-4H3;1H3,(H,4,5)/q+1;/p-1. The molecule has 0 rings (SSSR count). The maximum absolute atomic E-state index is 9.63. The Balaban J connectivity index is 0. The third-order valence-electron chi connectivity index (χ3n) is 3.51. The molecular weight excluding hydrogens is 287 g/mol. The SMILES string of the molecule is CCCC[P+](C)(CCCC)CCCC.COC(=O)C(=O)[O-]. The molecule has 5 heteroatoms. The molecule has 0 atom stereocenters. The lowest BCUT2D eigenvalue weighted by Gasteiger charge is -2.22. The Hall–Kier alpha value is -0.630. The molecule has 0 aliphatic rings. The molecule has 0 aliphatic carbocycles. The normalized spacial score (nSPS) is 10.5. The average Bonchev–Trinajstić information content (AvgIpc) is 2.48. The molecule has 0 unspecified atom stereocenters. The van der Waals surface area contributed by atoms with E-state index in [0.717, 1.165) is 7.11 Å². The second-order valence-corrected chi connectivity index (χ2v) is 10.2. The minimum Gasteiger partial charge on any atom is -0.539 e. The maximum atomic E-state index is 9.63. The molecule has 0 spiro atoms. The highest BCUT2D eigenvalue weighted by Crippen LogP contribution is 2.57. The second-order valence-electron chi connectivity index (χ2n) is 5.63. The molecule has 0 N–H and O–H groups in total. The van der Waals surface area contributed by atoms with Gasteiger partial charge in [0, 0.05) is 13.9 Å². The van der Waals surface area contributed by atoms with Crippen LogP contribution in [0.2, 0.25) is 0 Å². The lowest BCUT2D eigenvalue weighted by Crippen LogP contribution is -2.32. The van der Waals surface area contributed by atoms with Crippen LogP contribution in [-0.2, 0) is 14.3 Å². The lowest BCUT2D eigenvalue weighted by molar-refractivity contribution is -0.303. The van der Waals surface area contributed by atoms with Crippen molar-refractivity contribution in [2.24, 2.45) is 0 Å². The number of ether oxygens (including phenoxy) is 1. The highest BCUT2D eigenvalue weighted by Gasteiger charge is 2.28. The van der Waals surface area contributed by atoms with Crippen molar-refractivity contribution in [3.05, 3.63) is 0 Å². The molecule has 0 aromatic carbocycles. The Morgan fingerprint density at radius 3 is 1.38 bits per heavy atom. The number of carbonyl (C=O) groups excluding carboxylic acids is 2. The molecule has 0 aromatic heterocycles. The Morgan fingerprint density at radius 2 is 1.24 bits per heavy atom. The summed E-state index contributed by atoms with van der Waals surface area (Å²) in [5, 5.41) is 9.34. The van der Waals surface area contributed by atoms with Crippen molar-refractivity contribution in [3.63, 3.8) is 0 Å². The summed E-state index contributed by atoms with van der Waals surface area (Å²) in [5.41, 5.74) is 0. The number of rotatable bonds is 9. The van der Waals surface area contributed by atoms with Gasteiger partial charge in [0.1, 0.15) is 0 Å². The van der Waals surface area contributed by atoms with Gasteiger partial charge in [0.15, 0.2) is 5.97 Å². The van der Waals surface area contributed by atoms with E-state index in [-0.39, 0.29) is 0 Å². The van der Waals surface area contributed by atoms with Crippen molar-refractivity contribution in [2.75, 3.05) is 32.3 Å². The summed E-state index contributed by atoms with van der Waals surface area (Å²) in [4.78, 5) is 19.0. The first-order valence-electron chi connectivity index (χ1n) is 7.99. The van der Waals surface area contributed by atoms with Gasteiger partial charge in [-0.15, -0.1) is 0 Å². The van der Waals surface area contributed by atoms with Gasteiger partial charge >= 0.3 is 5.97 Å². The van der Waals surface area contributed by atoms with Gasteiger partial charge in [0.05, 0.1) is 25.6 Å². The summed E-state index contributed by atoms with van der Waals surface area (Å²) in [5.74, 6) is -3.16. The van der Waals surface area contributed by atoms with Crippen LogP contribution < -0.4 is 5.11 Å². The number of unbranched alkanes of at least 4 members (excludes halogenated alkanes) is 3. The van der Waals surface area contributed by atoms with Crippen LogP contribution in [0.1, 0.15) is 59.3 Å². The zero-order valence-electron chi connectivity index (χ0n) is 14.4. The van der Waals surface area contributed by atoms with Crippen LogP contribution in [0, 0.1) is 0 Å². The van der Waals surface area contributed by atoms with E-state index in [2.05, 4.69) is 32.2 Å². The van der Waals surface area contributed by atoms with Crippen molar-refractivity contribution in [3.8, 4) is 0 Å². The van der Waals surface area contributed by atoms with Crippen molar-refractivity contribution in [1.82, 2.24) is 0 Å². The van der Waals surface area contributed by atoms with Crippen molar-refractivity contribution >= 4 is 19.2 Å². The van der Waals surface area contributed by atoms with E-state index in [1.54, 1.807) is 18.5 Å². The summed E-state index contributed by atoms with van der Waals surface area (Å²) >= 11 is 0. The first-order valence-corrected chi connectivity index (χ1v) is 10.8. The predicted molar refractivity (Wildman–Crippen MR) is 89.2 cm³/mol. The first-order chi connectivity index (χ1) is 9.86. The number of hydrogen-bond acceptors (Lipinski definition) is 4. The Kier molecular flexibility index (Phi) is 15.4. The molecule has 21 heavy (non-hydrogen) atoms. The fourth-order valence-corrected chi connectivity index (χ4v) is 5.95. The van der Waals surface area contributed by atoms with Crippen LogP contribution in [0.4, 0.5) is 0 Å². The smallest absolute Gasteiger partial charge is 0.353 e. The van der Waals surface area contributed by atoms with E-state index in [0.29, 0.717) is 0 Å². The van der Waals surface area contributed by atoms with Gasteiger partial charge in [-0.25, -0.2) is 4.79 Å². The van der Waals surface area contributed by atoms with Crippen LogP contribution >= 0.6 is 7.26 Å². The van der Waals surface area contributed by atoms with Gasteiger partial charge in [-0.2, -0.15) is 0 Å². The van der Waals surface area contributed by atoms with E-state index in [4.69, 9.17) is 0 Å². The van der Waals surface area contributed by atoms with Gasteiger partial charge in [0.25, 0.3) is 0 Å². The number of carboxylic acids is 1. The number of aliphatic carboxylic acids is 1. The lowest BCUT2D eigenvalue weighted by atomic mass is 10.4. The summed E-state index contributed by atoms with van der Waals surface area (Å²) in [6.07, 6.45) is 13.2. The van der Waals surface area contributed by atoms with E-state index in [1.165, 1.54) is 38.5 Å². The number of methoxy groups -OCH3 is 1. The zero-order chi connectivity index (χ0) is 16.7. The minimum atomic E-state index is -1.82. The monoisotopic (exact) mass is 320 g/mol. The first kappa shape index (κ1) is 22.6. The average molecular weight is 320 g/mol. The predicted octanol–water partition coefficient (Wildman–Crippen LogP) is 2.94. The van der Waals surface area contributed by atoms with Gasteiger partial charge in [-0.3, -0.25) is 0 Å². The van der Waals surface area contributed by atoms with E-state index in [9.17, 15) is 14.7 Å². The Labute approximate surface area is 131 Å². The Morgan fingerprint density at radius 1 is 0.905 bits per heavy atom. The molecule has 0 radical (unpaired) electrons. The summed E-state index contributed by atoms with van der Waals surface area (Å²) in [6.45, 7) is 9.59. The molecule has 0 saturated carbocycles. The molecule has 4 nitrogen and oxygen atoms in total. The van der Waals surface area contributed by atoms with Gasteiger partial charge in [0.2, 0.25) is 0 Å². The number of carbonyl (C=O) groups is 2. The van der Waals surface area contributed by atoms with Crippen LogP contribution in [0.25, 0.3) is 0 Å². The molecule has 0 aliphatic heterocycles. The number of esters is 1. The Bertz CT molecular complexity index is 258. The highest BCUT2D eigenvalue weighted by molar-refractivity contribution is 7.75. The van der Waals surface area contributed by atoms with Gasteiger partial charge in [-0.1, -0.05) is 40.0 Å². The molecule has 0 heterocycles. The number of hydrogen-bond donors (Lipinski definition) is 0. The van der Waals surface area contributed by atoms with E-state index < -0.39 is 19.2 Å². The highest BCUT2D eigenvalue weighted by atomic mass is 31.2. The second kappa shape index (κ2) is 14.3. The van der Waals surface area contributed by atoms with E-state index in [1.807, 2.05) is 0 Å². The molecule has 0 saturated heterocycles. The quantitative estimate of drug-likeness (QED) is 0.372. The summed E-state index contributed by atoms with van der Waals surface area (Å²) in [6, 6.07) is 0. The summed E-state index contributed by atoms with van der Waals surface area (Å²) in [7, 11) is 0.451. The van der Waals surface area contributed by atoms with Crippen molar-refractivity contribution in [1.29, 1.82) is 0 Å².